The topological polar surface area (TPSA) is 58.6 Å². The average Bonchev–Trinajstić information content (AvgIpc) is 2.60. The Morgan fingerprint density at radius 2 is 1.83 bits per heavy atom. The highest BCUT2D eigenvalue weighted by atomic mass is 35.5. The lowest BCUT2D eigenvalue weighted by atomic mass is 9.88. The quantitative estimate of drug-likeness (QED) is 0.767. The molecule has 2 aromatic rings. The normalized spacial score (nSPS) is 20.6. The van der Waals surface area contributed by atoms with E-state index >= 15 is 0 Å². The second-order valence-corrected chi connectivity index (χ2v) is 6.54. The number of phenols is 1. The number of phenolic OH excluding ortho intramolecular Hbond substituents is 1. The number of anilines is 1. The molecule has 1 aliphatic rings. The first kappa shape index (κ1) is 17.1. The first-order chi connectivity index (χ1) is 11.6. The number of halogens is 2. The van der Waals surface area contributed by atoms with Crippen molar-refractivity contribution in [3.05, 3.63) is 58.1 Å². The highest BCUT2D eigenvalue weighted by molar-refractivity contribution is 6.37. The second-order valence-electron chi connectivity index (χ2n) is 5.73. The van der Waals surface area contributed by atoms with E-state index in [9.17, 15) is 9.90 Å². The van der Waals surface area contributed by atoms with Crippen molar-refractivity contribution in [3.8, 4) is 5.75 Å². The summed E-state index contributed by atoms with van der Waals surface area (Å²) in [6, 6.07) is 12.7. The largest absolute Gasteiger partial charge is 0.505 e. The smallest absolute Gasteiger partial charge is 0.230 e. The molecular formula is C18H17Cl2NO3. The highest BCUT2D eigenvalue weighted by Crippen LogP contribution is 2.37. The molecule has 1 amide bonds. The van der Waals surface area contributed by atoms with Gasteiger partial charge in [-0.05, 0) is 30.5 Å². The Morgan fingerprint density at radius 3 is 2.50 bits per heavy atom. The van der Waals surface area contributed by atoms with Gasteiger partial charge in [0.1, 0.15) is 0 Å². The molecule has 2 aromatic carbocycles. The fraction of sp³-hybridized carbons (Fsp3) is 0.278. The molecule has 0 radical (unpaired) electrons. The molecule has 126 valence electrons. The summed E-state index contributed by atoms with van der Waals surface area (Å²) in [4.78, 5) is 12.7. The van der Waals surface area contributed by atoms with E-state index in [2.05, 4.69) is 5.32 Å². The monoisotopic (exact) mass is 365 g/mol. The zero-order chi connectivity index (χ0) is 17.1. The van der Waals surface area contributed by atoms with Gasteiger partial charge in [0, 0.05) is 12.3 Å². The molecule has 2 N–H and O–H groups in total. The fourth-order valence-electron chi connectivity index (χ4n) is 2.89. The van der Waals surface area contributed by atoms with Crippen molar-refractivity contribution in [3.63, 3.8) is 0 Å². The average molecular weight is 366 g/mol. The van der Waals surface area contributed by atoms with Gasteiger partial charge in [0.05, 0.1) is 22.1 Å². The summed E-state index contributed by atoms with van der Waals surface area (Å²) in [5.74, 6) is -0.645. The van der Waals surface area contributed by atoms with Gasteiger partial charge in [0.2, 0.25) is 5.91 Å². The summed E-state index contributed by atoms with van der Waals surface area (Å²) in [6.07, 6.45) is 1.30. The third kappa shape index (κ3) is 3.66. The summed E-state index contributed by atoms with van der Waals surface area (Å²) in [5.41, 5.74) is 1.43. The van der Waals surface area contributed by atoms with Crippen LogP contribution in [-0.2, 0) is 9.53 Å². The lowest BCUT2D eigenvalue weighted by Gasteiger charge is -2.31. The SMILES string of the molecule is O=C(Nc1cc(Cl)c(O)c(Cl)c1)[C@H]1CCCO[C@H]1c1ccccc1. The molecule has 3 rings (SSSR count). The Labute approximate surface area is 150 Å². The number of nitrogens with one attached hydrogen (secondary N) is 1. The Balaban J connectivity index is 1.80. The van der Waals surface area contributed by atoms with Crippen LogP contribution in [0.5, 0.6) is 5.75 Å². The van der Waals surface area contributed by atoms with Crippen molar-refractivity contribution >= 4 is 34.8 Å². The number of carbonyl (C=O) groups excluding carboxylic acids is 1. The Hall–Kier alpha value is -1.75. The minimum atomic E-state index is -0.299. The summed E-state index contributed by atoms with van der Waals surface area (Å²) in [5, 5.41) is 12.6. The number of hydrogen-bond donors (Lipinski definition) is 2. The molecule has 1 fully saturated rings. The third-order valence-electron chi connectivity index (χ3n) is 4.07. The molecule has 1 heterocycles. The van der Waals surface area contributed by atoms with E-state index < -0.39 is 0 Å². The first-order valence-corrected chi connectivity index (χ1v) is 8.47. The zero-order valence-electron chi connectivity index (χ0n) is 12.8. The minimum absolute atomic E-state index is 0.0947. The van der Waals surface area contributed by atoms with Gasteiger partial charge in [-0.1, -0.05) is 53.5 Å². The molecule has 24 heavy (non-hydrogen) atoms. The standard InChI is InChI=1S/C18H17Cl2NO3/c19-14-9-12(10-15(20)16(14)22)21-18(23)13-7-4-8-24-17(13)11-5-2-1-3-6-11/h1-3,5-6,9-10,13,17,22H,4,7-8H2,(H,21,23)/t13-,17-/m0/s1. The number of carbonyl (C=O) groups is 1. The van der Waals surface area contributed by atoms with E-state index in [1.165, 1.54) is 12.1 Å². The van der Waals surface area contributed by atoms with Crippen LogP contribution in [-0.4, -0.2) is 17.6 Å². The van der Waals surface area contributed by atoms with Crippen molar-refractivity contribution in [1.82, 2.24) is 0 Å². The van der Waals surface area contributed by atoms with Gasteiger partial charge in [-0.25, -0.2) is 0 Å². The number of aromatic hydroxyl groups is 1. The van der Waals surface area contributed by atoms with Crippen LogP contribution in [0.3, 0.4) is 0 Å². The van der Waals surface area contributed by atoms with Crippen molar-refractivity contribution < 1.29 is 14.6 Å². The van der Waals surface area contributed by atoms with Gasteiger partial charge in [0.25, 0.3) is 0 Å². The summed E-state index contributed by atoms with van der Waals surface area (Å²) >= 11 is 11.8. The number of hydrogen-bond acceptors (Lipinski definition) is 3. The molecule has 0 spiro atoms. The molecule has 0 saturated carbocycles. The third-order valence-corrected chi connectivity index (χ3v) is 4.65. The minimum Gasteiger partial charge on any atom is -0.505 e. The molecular weight excluding hydrogens is 349 g/mol. The van der Waals surface area contributed by atoms with Crippen LogP contribution in [0.4, 0.5) is 5.69 Å². The van der Waals surface area contributed by atoms with Crippen molar-refractivity contribution in [1.29, 1.82) is 0 Å². The van der Waals surface area contributed by atoms with E-state index in [-0.39, 0.29) is 33.7 Å². The molecule has 1 aliphatic heterocycles. The Bertz CT molecular complexity index is 713. The number of benzene rings is 2. The summed E-state index contributed by atoms with van der Waals surface area (Å²) in [7, 11) is 0. The molecule has 0 aliphatic carbocycles. The molecule has 0 unspecified atom stereocenters. The zero-order valence-corrected chi connectivity index (χ0v) is 14.3. The lowest BCUT2D eigenvalue weighted by Crippen LogP contribution is -2.33. The maximum absolute atomic E-state index is 12.7. The summed E-state index contributed by atoms with van der Waals surface area (Å²) in [6.45, 7) is 0.639. The lowest BCUT2D eigenvalue weighted by molar-refractivity contribution is -0.129. The van der Waals surface area contributed by atoms with Crippen LogP contribution in [0.15, 0.2) is 42.5 Å². The summed E-state index contributed by atoms with van der Waals surface area (Å²) < 4.78 is 5.85. The van der Waals surface area contributed by atoms with E-state index in [0.717, 1.165) is 18.4 Å². The maximum atomic E-state index is 12.7. The van der Waals surface area contributed by atoms with Gasteiger partial charge in [-0.3, -0.25) is 4.79 Å². The molecule has 0 bridgehead atoms. The van der Waals surface area contributed by atoms with Gasteiger partial charge in [-0.2, -0.15) is 0 Å². The fourth-order valence-corrected chi connectivity index (χ4v) is 3.38. The Kier molecular flexibility index (Phi) is 5.29. The Morgan fingerprint density at radius 1 is 1.17 bits per heavy atom. The maximum Gasteiger partial charge on any atom is 0.230 e. The second kappa shape index (κ2) is 7.43. The number of rotatable bonds is 3. The molecule has 6 heteroatoms. The van der Waals surface area contributed by atoms with Gasteiger partial charge in [0.15, 0.2) is 5.75 Å². The molecule has 2 atom stereocenters. The van der Waals surface area contributed by atoms with E-state index in [0.29, 0.717) is 12.3 Å². The molecule has 4 nitrogen and oxygen atoms in total. The van der Waals surface area contributed by atoms with Crippen molar-refractivity contribution in [2.45, 2.75) is 18.9 Å². The molecule has 0 aromatic heterocycles. The number of amides is 1. The van der Waals surface area contributed by atoms with Crippen LogP contribution in [0.1, 0.15) is 24.5 Å². The van der Waals surface area contributed by atoms with E-state index in [4.69, 9.17) is 27.9 Å². The van der Waals surface area contributed by atoms with Crippen LogP contribution >= 0.6 is 23.2 Å². The molecule has 1 saturated heterocycles. The van der Waals surface area contributed by atoms with Crippen LogP contribution in [0.25, 0.3) is 0 Å². The van der Waals surface area contributed by atoms with Crippen LogP contribution in [0.2, 0.25) is 10.0 Å². The van der Waals surface area contributed by atoms with Gasteiger partial charge >= 0.3 is 0 Å². The van der Waals surface area contributed by atoms with Crippen molar-refractivity contribution in [2.24, 2.45) is 5.92 Å². The highest BCUT2D eigenvalue weighted by Gasteiger charge is 2.33. The van der Waals surface area contributed by atoms with E-state index in [1.54, 1.807) is 0 Å². The predicted molar refractivity (Wildman–Crippen MR) is 94.6 cm³/mol. The van der Waals surface area contributed by atoms with Crippen LogP contribution in [0, 0.1) is 5.92 Å². The van der Waals surface area contributed by atoms with Crippen LogP contribution < -0.4 is 5.32 Å². The number of ether oxygens (including phenoxy) is 1. The van der Waals surface area contributed by atoms with E-state index in [1.807, 2.05) is 30.3 Å². The van der Waals surface area contributed by atoms with Crippen molar-refractivity contribution in [2.75, 3.05) is 11.9 Å². The van der Waals surface area contributed by atoms with Gasteiger partial charge in [-0.15, -0.1) is 0 Å². The predicted octanol–water partition coefficient (Wildman–Crippen LogP) is 4.81. The van der Waals surface area contributed by atoms with Gasteiger partial charge < -0.3 is 15.2 Å². The first-order valence-electron chi connectivity index (χ1n) is 7.71.